The van der Waals surface area contributed by atoms with E-state index in [0.717, 1.165) is 116 Å². The van der Waals surface area contributed by atoms with Crippen molar-refractivity contribution in [2.24, 2.45) is 0 Å². The fourth-order valence-corrected chi connectivity index (χ4v) is 13.7. The number of fused-ring (bicyclic) bond motifs is 15. The van der Waals surface area contributed by atoms with Gasteiger partial charge in [-0.15, -0.1) is 0 Å². The Bertz CT molecular complexity index is 5440. The zero-order valence-corrected chi connectivity index (χ0v) is 47.7. The van der Waals surface area contributed by atoms with E-state index in [-0.39, 0.29) is 56.8 Å². The van der Waals surface area contributed by atoms with Crippen molar-refractivity contribution < 1.29 is 11.0 Å². The second-order valence-corrected chi connectivity index (χ2v) is 24.6. The summed E-state index contributed by atoms with van der Waals surface area (Å²) in [5.74, 6) is 0. The molecule has 0 aliphatic carbocycles. The molecule has 3 nitrogen and oxygen atoms in total. The quantitative estimate of drug-likeness (QED) is 0.157. The third kappa shape index (κ3) is 7.66. The highest BCUT2D eigenvalue weighted by Crippen LogP contribution is 2.50. The first-order chi connectivity index (χ1) is 44.3. The molecule has 14 aromatic rings. The number of hydrogen-bond donors (Lipinski definition) is 0. The minimum Gasteiger partial charge on any atom is -0.310 e. The Morgan fingerprint density at radius 1 is 0.345 bits per heavy atom. The molecule has 400 valence electrons. The molecule has 0 saturated carbocycles. The van der Waals surface area contributed by atoms with Crippen LogP contribution in [-0.2, 0) is 10.8 Å². The van der Waals surface area contributed by atoms with Crippen LogP contribution in [0.2, 0.25) is 0 Å². The number of benzene rings is 12. The van der Waals surface area contributed by atoms with Crippen LogP contribution in [0.25, 0.3) is 110 Å². The van der Waals surface area contributed by atoms with Crippen LogP contribution in [0.5, 0.6) is 0 Å². The van der Waals surface area contributed by atoms with Crippen molar-refractivity contribution in [1.29, 1.82) is 0 Å². The van der Waals surface area contributed by atoms with Gasteiger partial charge in [0.2, 0.25) is 0 Å². The zero-order chi connectivity index (χ0) is 63.5. The first kappa shape index (κ1) is 42.0. The number of hydrogen-bond acceptors (Lipinski definition) is 1. The standard InChI is InChI=1S/C80H62BN3/c1-79(2,3)55-46-54(47-56(49-55)80(4,5)6)53-40-43-68-74(48-53)83-72-39-22-17-32-64(72)62-30-15-13-28-60(62)61-29-14-16-31-63(61)67-42-45-73-76(78(67)83)81(68)69-44-41-57(82-70-37-20-18-33-65(70)66-34-19-21-38-71(66)82)50-75(69)84(73)77-58(51-24-9-7-10-25-51)35-23-36-59(77)52-26-11-8-12-27-52/h7-50H,1-6H3/i18D,19D,20D,21D,33D,34D,37D,38D. The number of para-hydroxylation sites is 4. The summed E-state index contributed by atoms with van der Waals surface area (Å²) in [6.07, 6.45) is 0. The zero-order valence-electron chi connectivity index (χ0n) is 55.7. The highest BCUT2D eigenvalue weighted by molar-refractivity contribution is 7.00. The van der Waals surface area contributed by atoms with E-state index < -0.39 is 30.9 Å². The Kier molecular flexibility index (Phi) is 9.41. The van der Waals surface area contributed by atoms with Crippen molar-refractivity contribution in [2.45, 2.75) is 52.4 Å². The van der Waals surface area contributed by atoms with Crippen molar-refractivity contribution in [3.8, 4) is 44.8 Å². The Balaban J connectivity index is 1.13. The summed E-state index contributed by atoms with van der Waals surface area (Å²) >= 11 is 0. The lowest BCUT2D eigenvalue weighted by atomic mass is 9.33. The van der Waals surface area contributed by atoms with E-state index in [1.807, 2.05) is 18.2 Å². The first-order valence-electron chi connectivity index (χ1n) is 33.0. The summed E-state index contributed by atoms with van der Waals surface area (Å²) in [4.78, 5) is 2.40. The molecule has 84 heavy (non-hydrogen) atoms. The van der Waals surface area contributed by atoms with Crippen LogP contribution >= 0.6 is 0 Å². The molecule has 16 rings (SSSR count). The molecule has 12 aromatic carbocycles. The topological polar surface area (TPSA) is 13.1 Å². The molecule has 4 heterocycles. The van der Waals surface area contributed by atoms with Gasteiger partial charge < -0.3 is 14.0 Å². The molecule has 4 heteroatoms. The Hall–Kier alpha value is -9.90. The molecule has 0 fully saturated rings. The summed E-state index contributed by atoms with van der Waals surface area (Å²) in [6.45, 7) is 13.3. The number of rotatable bonds is 5. The van der Waals surface area contributed by atoms with E-state index in [0.29, 0.717) is 5.69 Å². The van der Waals surface area contributed by atoms with Gasteiger partial charge in [0.15, 0.2) is 0 Å². The Morgan fingerprint density at radius 3 is 1.45 bits per heavy atom. The van der Waals surface area contributed by atoms with Gasteiger partial charge in [0, 0.05) is 55.4 Å². The van der Waals surface area contributed by atoms with E-state index >= 15 is 0 Å². The fourth-order valence-electron chi connectivity index (χ4n) is 13.7. The van der Waals surface area contributed by atoms with Gasteiger partial charge in [0.1, 0.15) is 0 Å². The lowest BCUT2D eigenvalue weighted by molar-refractivity contribution is 0.569. The maximum Gasteiger partial charge on any atom is 0.252 e. The second-order valence-electron chi connectivity index (χ2n) is 24.6. The SMILES string of the molecule is [2H]c1c([2H])c([2H])c2c(c1[2H])c1c([2H])c([2H])c([2H])c([2H])c1n2-c1ccc2c(c1)N(c1c(-c3ccccc3)cccc1-c1ccccc1)c1ccc3c4ccccc4c4ccccc4c4ccccc4n4c3c1B2c1ccc(-c2cc(C(C)(C)C)cc(C(C)(C)C)c2)cc1-4. The van der Waals surface area contributed by atoms with Crippen molar-refractivity contribution in [3.05, 3.63) is 278 Å². The molecule has 0 amide bonds. The lowest BCUT2D eigenvalue weighted by Crippen LogP contribution is -2.60. The Morgan fingerprint density at radius 2 is 0.857 bits per heavy atom. The third-order valence-corrected chi connectivity index (χ3v) is 17.7. The highest BCUT2D eigenvalue weighted by Gasteiger charge is 2.43. The largest absolute Gasteiger partial charge is 0.310 e. The van der Waals surface area contributed by atoms with Crippen LogP contribution in [0, 0.1) is 0 Å². The maximum atomic E-state index is 9.66. The smallest absolute Gasteiger partial charge is 0.252 e. The molecule has 2 aromatic heterocycles. The number of anilines is 3. The maximum absolute atomic E-state index is 9.66. The lowest BCUT2D eigenvalue weighted by Gasteiger charge is -2.42. The molecule has 0 spiro atoms. The normalized spacial score (nSPS) is 14.2. The van der Waals surface area contributed by atoms with E-state index in [2.05, 4.69) is 251 Å². The summed E-state index contributed by atoms with van der Waals surface area (Å²) in [5.41, 5.74) is 17.8. The van der Waals surface area contributed by atoms with E-state index in [1.165, 1.54) is 11.1 Å². The minimum absolute atomic E-state index is 0.0238. The van der Waals surface area contributed by atoms with E-state index in [9.17, 15) is 5.48 Å². The summed E-state index contributed by atoms with van der Waals surface area (Å²) < 4.78 is 78.4. The molecule has 0 atom stereocenters. The van der Waals surface area contributed by atoms with Crippen LogP contribution < -0.4 is 21.3 Å². The van der Waals surface area contributed by atoms with Crippen molar-refractivity contribution in [1.82, 2.24) is 9.13 Å². The number of aromatic nitrogens is 2. The Labute approximate surface area is 503 Å². The average molecular weight is 1080 g/mol. The van der Waals surface area contributed by atoms with Crippen LogP contribution in [0.15, 0.2) is 267 Å². The first-order valence-corrected chi connectivity index (χ1v) is 29.0. The van der Waals surface area contributed by atoms with Gasteiger partial charge in [-0.05, 0) is 125 Å². The molecular weight excluding hydrogens is 1010 g/mol. The molecule has 0 unspecified atom stereocenters. The van der Waals surface area contributed by atoms with Gasteiger partial charge in [0.05, 0.1) is 38.7 Å². The number of nitrogens with zero attached hydrogens (tertiary/aromatic N) is 3. The molecule has 0 bridgehead atoms. The summed E-state index contributed by atoms with van der Waals surface area (Å²) in [5, 5.41) is 6.64. The predicted molar refractivity (Wildman–Crippen MR) is 361 cm³/mol. The van der Waals surface area contributed by atoms with Gasteiger partial charge >= 0.3 is 0 Å². The fraction of sp³-hybridized carbons (Fsp3) is 0.100. The van der Waals surface area contributed by atoms with Gasteiger partial charge in [-0.2, -0.15) is 0 Å². The van der Waals surface area contributed by atoms with Crippen molar-refractivity contribution >= 4 is 105 Å². The summed E-state index contributed by atoms with van der Waals surface area (Å²) in [7, 11) is 0. The van der Waals surface area contributed by atoms with Gasteiger partial charge in [-0.3, -0.25) is 0 Å². The van der Waals surface area contributed by atoms with Gasteiger partial charge in [-0.25, -0.2) is 0 Å². The van der Waals surface area contributed by atoms with Crippen LogP contribution in [0.4, 0.5) is 17.1 Å². The van der Waals surface area contributed by atoms with Gasteiger partial charge in [-0.1, -0.05) is 266 Å². The highest BCUT2D eigenvalue weighted by atomic mass is 15.2. The van der Waals surface area contributed by atoms with Gasteiger partial charge in [0.25, 0.3) is 6.71 Å². The predicted octanol–water partition coefficient (Wildman–Crippen LogP) is 19.5. The monoisotopic (exact) mass is 1080 g/mol. The molecule has 2 aliphatic heterocycles. The molecule has 0 N–H and O–H groups in total. The third-order valence-electron chi connectivity index (χ3n) is 17.7. The molecule has 0 radical (unpaired) electrons. The van der Waals surface area contributed by atoms with E-state index in [4.69, 9.17) is 5.48 Å². The van der Waals surface area contributed by atoms with Crippen molar-refractivity contribution in [3.63, 3.8) is 0 Å². The van der Waals surface area contributed by atoms with Crippen LogP contribution in [0.1, 0.15) is 63.6 Å². The summed E-state index contributed by atoms with van der Waals surface area (Å²) in [6, 6.07) is 75.3. The second kappa shape index (κ2) is 18.8. The van der Waals surface area contributed by atoms with Crippen molar-refractivity contribution in [2.75, 3.05) is 4.90 Å². The molecular formula is C80H62BN3. The van der Waals surface area contributed by atoms with Crippen LogP contribution in [-0.4, -0.2) is 15.8 Å². The van der Waals surface area contributed by atoms with Crippen LogP contribution in [0.3, 0.4) is 0 Å². The average Bonchev–Trinajstić information content (AvgIpc) is 1.06. The minimum atomic E-state index is -0.488. The molecule has 0 saturated heterocycles. The molecule has 2 aliphatic rings. The van der Waals surface area contributed by atoms with E-state index in [1.54, 1.807) is 4.57 Å².